The number of carbonyl (C=O) groups excluding carboxylic acids is 1. The van der Waals surface area contributed by atoms with E-state index in [4.69, 9.17) is 14.2 Å². The van der Waals surface area contributed by atoms with Crippen LogP contribution in [0.4, 0.5) is 0 Å². The van der Waals surface area contributed by atoms with Crippen LogP contribution in [0.1, 0.15) is 27.8 Å². The Hall–Kier alpha value is -2.65. The predicted octanol–water partition coefficient (Wildman–Crippen LogP) is 2.39. The Balaban J connectivity index is 2.04. The van der Waals surface area contributed by atoms with E-state index >= 15 is 0 Å². The summed E-state index contributed by atoms with van der Waals surface area (Å²) in [5, 5.41) is 19.8. The number of methoxy groups -OCH3 is 3. The number of pyridine rings is 1. The van der Waals surface area contributed by atoms with Gasteiger partial charge in [0.1, 0.15) is 11.1 Å². The zero-order chi connectivity index (χ0) is 21.1. The van der Waals surface area contributed by atoms with Crippen LogP contribution in [0.5, 0.6) is 23.0 Å². The highest BCUT2D eigenvalue weighted by atomic mass is 32.2. The monoisotopic (exact) mass is 420 g/mol. The van der Waals surface area contributed by atoms with Gasteiger partial charge in [-0.15, -0.1) is 11.8 Å². The average Bonchev–Trinajstić information content (AvgIpc) is 3.10. The number of rotatable bonds is 7. The van der Waals surface area contributed by atoms with Crippen LogP contribution in [0.15, 0.2) is 18.3 Å². The van der Waals surface area contributed by atoms with E-state index < -0.39 is 0 Å². The molecule has 1 aromatic heterocycles. The number of amides is 1. The van der Waals surface area contributed by atoms with Crippen molar-refractivity contribution < 1.29 is 29.2 Å². The number of carbonyl (C=O) groups is 1. The first kappa shape index (κ1) is 21.1. The molecular formula is C20H24N2O6S. The van der Waals surface area contributed by atoms with E-state index in [-0.39, 0.29) is 30.2 Å². The standard InChI is InChI=1S/C20H24N2O6S/c1-11-17(25)14(12(9-23)7-21-11)8-22-16(24)10-29-20(22)13-5-6-15(26-2)19(28-4)18(13)27-3/h5-7,20,23,25H,8-10H2,1-4H3. The van der Waals surface area contributed by atoms with Crippen LogP contribution in [-0.2, 0) is 17.9 Å². The number of hydrogen-bond acceptors (Lipinski definition) is 8. The molecular weight excluding hydrogens is 396 g/mol. The second kappa shape index (κ2) is 8.79. The van der Waals surface area contributed by atoms with Crippen LogP contribution in [0, 0.1) is 6.92 Å². The average molecular weight is 420 g/mol. The van der Waals surface area contributed by atoms with Crippen molar-refractivity contribution in [3.05, 3.63) is 40.7 Å². The van der Waals surface area contributed by atoms with Crippen LogP contribution in [0.3, 0.4) is 0 Å². The van der Waals surface area contributed by atoms with E-state index in [2.05, 4.69) is 4.98 Å². The molecule has 9 heteroatoms. The molecule has 1 aromatic carbocycles. The molecule has 8 nitrogen and oxygen atoms in total. The number of ether oxygens (including phenoxy) is 3. The molecule has 0 saturated carbocycles. The number of aryl methyl sites for hydroxylation is 1. The Morgan fingerprint density at radius 3 is 2.55 bits per heavy atom. The third kappa shape index (κ3) is 3.79. The van der Waals surface area contributed by atoms with Crippen molar-refractivity contribution in [3.63, 3.8) is 0 Å². The molecule has 2 aromatic rings. The van der Waals surface area contributed by atoms with Crippen molar-refractivity contribution in [2.45, 2.75) is 25.4 Å². The maximum absolute atomic E-state index is 12.7. The van der Waals surface area contributed by atoms with Crippen LogP contribution in [0.25, 0.3) is 0 Å². The van der Waals surface area contributed by atoms with Gasteiger partial charge in [0.15, 0.2) is 11.5 Å². The number of aliphatic hydroxyl groups excluding tert-OH is 1. The molecule has 0 aliphatic carbocycles. The summed E-state index contributed by atoms with van der Waals surface area (Å²) >= 11 is 1.46. The lowest BCUT2D eigenvalue weighted by Crippen LogP contribution is -2.28. The van der Waals surface area contributed by atoms with Gasteiger partial charge >= 0.3 is 0 Å². The van der Waals surface area contributed by atoms with Crippen LogP contribution in [0.2, 0.25) is 0 Å². The van der Waals surface area contributed by atoms with Crippen molar-refractivity contribution in [3.8, 4) is 23.0 Å². The molecule has 0 spiro atoms. The molecule has 1 fully saturated rings. The quantitative estimate of drug-likeness (QED) is 0.704. The lowest BCUT2D eigenvalue weighted by molar-refractivity contribution is -0.128. The smallest absolute Gasteiger partial charge is 0.234 e. The Morgan fingerprint density at radius 1 is 1.21 bits per heavy atom. The summed E-state index contributed by atoms with van der Waals surface area (Å²) in [7, 11) is 4.61. The van der Waals surface area contributed by atoms with Crippen molar-refractivity contribution >= 4 is 17.7 Å². The summed E-state index contributed by atoms with van der Waals surface area (Å²) in [5.74, 6) is 1.67. The topological polar surface area (TPSA) is 101 Å². The molecule has 29 heavy (non-hydrogen) atoms. The number of aliphatic hydroxyl groups is 1. The van der Waals surface area contributed by atoms with E-state index in [1.165, 1.54) is 32.2 Å². The molecule has 3 rings (SSSR count). The second-order valence-electron chi connectivity index (χ2n) is 6.46. The zero-order valence-corrected chi connectivity index (χ0v) is 17.6. The van der Waals surface area contributed by atoms with E-state index in [1.54, 1.807) is 25.0 Å². The summed E-state index contributed by atoms with van der Waals surface area (Å²) in [5.41, 5.74) is 2.17. The zero-order valence-electron chi connectivity index (χ0n) is 16.8. The van der Waals surface area contributed by atoms with Crippen molar-refractivity contribution in [1.82, 2.24) is 9.88 Å². The maximum Gasteiger partial charge on any atom is 0.234 e. The molecule has 1 aliphatic rings. The molecule has 2 N–H and O–H groups in total. The molecule has 1 saturated heterocycles. The van der Waals surface area contributed by atoms with Gasteiger partial charge in [-0.2, -0.15) is 0 Å². The Morgan fingerprint density at radius 2 is 1.93 bits per heavy atom. The highest BCUT2D eigenvalue weighted by molar-refractivity contribution is 8.00. The first-order valence-electron chi connectivity index (χ1n) is 8.93. The van der Waals surface area contributed by atoms with Gasteiger partial charge in [-0.25, -0.2) is 0 Å². The lowest BCUT2D eigenvalue weighted by atomic mass is 10.1. The van der Waals surface area contributed by atoms with Gasteiger partial charge < -0.3 is 29.3 Å². The van der Waals surface area contributed by atoms with Gasteiger partial charge in [0.05, 0.1) is 45.9 Å². The summed E-state index contributed by atoms with van der Waals surface area (Å²) in [4.78, 5) is 18.4. The summed E-state index contributed by atoms with van der Waals surface area (Å²) in [6.07, 6.45) is 1.52. The molecule has 1 atom stereocenters. The van der Waals surface area contributed by atoms with E-state index in [0.717, 1.165) is 5.56 Å². The fraction of sp³-hybridized carbons (Fsp3) is 0.400. The third-order valence-corrected chi connectivity index (χ3v) is 6.14. The summed E-state index contributed by atoms with van der Waals surface area (Å²) < 4.78 is 16.4. The molecule has 2 heterocycles. The Kier molecular flexibility index (Phi) is 6.39. The summed E-state index contributed by atoms with van der Waals surface area (Å²) in [6.45, 7) is 1.53. The van der Waals surface area contributed by atoms with Gasteiger partial charge in [0, 0.05) is 22.9 Å². The first-order valence-corrected chi connectivity index (χ1v) is 9.98. The van der Waals surface area contributed by atoms with E-state index in [9.17, 15) is 15.0 Å². The third-order valence-electron chi connectivity index (χ3n) is 4.90. The fourth-order valence-electron chi connectivity index (χ4n) is 3.37. The molecule has 1 unspecified atom stereocenters. The summed E-state index contributed by atoms with van der Waals surface area (Å²) in [6, 6.07) is 3.61. The first-order chi connectivity index (χ1) is 14.0. The number of aromatic hydroxyl groups is 1. The number of nitrogens with zero attached hydrogens (tertiary/aromatic N) is 2. The van der Waals surface area contributed by atoms with Crippen molar-refractivity contribution in [1.29, 1.82) is 0 Å². The number of aromatic nitrogens is 1. The minimum atomic E-state index is -0.350. The number of hydrogen-bond donors (Lipinski definition) is 2. The van der Waals surface area contributed by atoms with E-state index in [0.29, 0.717) is 39.8 Å². The molecule has 1 amide bonds. The predicted molar refractivity (Wildman–Crippen MR) is 108 cm³/mol. The van der Waals surface area contributed by atoms with Crippen LogP contribution < -0.4 is 14.2 Å². The molecule has 0 radical (unpaired) electrons. The van der Waals surface area contributed by atoms with Crippen molar-refractivity contribution in [2.24, 2.45) is 0 Å². The molecule has 1 aliphatic heterocycles. The normalized spacial score (nSPS) is 16.2. The Bertz CT molecular complexity index is 920. The number of benzene rings is 1. The van der Waals surface area contributed by atoms with Gasteiger partial charge in [-0.05, 0) is 19.1 Å². The van der Waals surface area contributed by atoms with Crippen LogP contribution >= 0.6 is 11.8 Å². The molecule has 156 valence electrons. The van der Waals surface area contributed by atoms with Gasteiger partial charge in [0.2, 0.25) is 11.7 Å². The van der Waals surface area contributed by atoms with Gasteiger partial charge in [-0.1, -0.05) is 0 Å². The minimum absolute atomic E-state index is 0.0146. The van der Waals surface area contributed by atoms with Gasteiger partial charge in [-0.3, -0.25) is 9.78 Å². The van der Waals surface area contributed by atoms with Crippen molar-refractivity contribution in [2.75, 3.05) is 27.1 Å². The largest absolute Gasteiger partial charge is 0.506 e. The maximum atomic E-state index is 12.7. The van der Waals surface area contributed by atoms with E-state index in [1.807, 2.05) is 6.07 Å². The SMILES string of the molecule is COc1ccc(C2SCC(=O)N2Cc2c(CO)cnc(C)c2O)c(OC)c1OC. The fourth-order valence-corrected chi connectivity index (χ4v) is 4.57. The van der Waals surface area contributed by atoms with Gasteiger partial charge in [0.25, 0.3) is 0 Å². The lowest BCUT2D eigenvalue weighted by Gasteiger charge is -2.27. The Labute approximate surface area is 173 Å². The number of thioether (sulfide) groups is 1. The minimum Gasteiger partial charge on any atom is -0.506 e. The second-order valence-corrected chi connectivity index (χ2v) is 7.53. The highest BCUT2D eigenvalue weighted by Gasteiger charge is 2.37. The highest BCUT2D eigenvalue weighted by Crippen LogP contribution is 2.49. The molecule has 0 bridgehead atoms. The van der Waals surface area contributed by atoms with Crippen LogP contribution in [-0.4, -0.2) is 53.1 Å².